The van der Waals surface area contributed by atoms with Gasteiger partial charge in [-0.25, -0.2) is 5.84 Å². The van der Waals surface area contributed by atoms with E-state index in [9.17, 15) is 0 Å². The number of nitrogens with zero attached hydrogens (tertiary/aromatic N) is 2. The average molecular weight is 198 g/mol. The van der Waals surface area contributed by atoms with E-state index in [4.69, 9.17) is 5.84 Å². The van der Waals surface area contributed by atoms with Crippen molar-refractivity contribution in [1.82, 2.24) is 10.3 Å². The van der Waals surface area contributed by atoms with Gasteiger partial charge in [0.15, 0.2) is 0 Å². The van der Waals surface area contributed by atoms with Gasteiger partial charge in [0.25, 0.3) is 0 Å². The van der Waals surface area contributed by atoms with Gasteiger partial charge in [0.1, 0.15) is 0 Å². The zero-order chi connectivity index (χ0) is 10.7. The fourth-order valence-corrected chi connectivity index (χ4v) is 2.27. The number of aliphatic imine (C=N–C) groups is 1. The van der Waals surface area contributed by atoms with Gasteiger partial charge in [0, 0.05) is 19.6 Å². The highest BCUT2D eigenvalue weighted by Crippen LogP contribution is 2.26. The van der Waals surface area contributed by atoms with E-state index in [1.165, 1.54) is 6.42 Å². The summed E-state index contributed by atoms with van der Waals surface area (Å²) in [5.41, 5.74) is 2.67. The SMILES string of the molecule is CN=C(NN)N1CC(C)CC(C)C1C. The number of guanidine groups is 1. The summed E-state index contributed by atoms with van der Waals surface area (Å²) in [6.07, 6.45) is 1.29. The molecule has 4 heteroatoms. The smallest absolute Gasteiger partial charge is 0.208 e. The van der Waals surface area contributed by atoms with Gasteiger partial charge in [0.05, 0.1) is 0 Å². The molecule has 0 spiro atoms. The standard InChI is InChI=1S/C10H22N4/c1-7-5-8(2)9(3)14(6-7)10(12-4)13-11/h7-9H,5-6,11H2,1-4H3,(H,12,13). The predicted molar refractivity (Wildman–Crippen MR) is 59.8 cm³/mol. The fourth-order valence-electron chi connectivity index (χ4n) is 2.27. The molecule has 1 aliphatic rings. The van der Waals surface area contributed by atoms with Crippen LogP contribution in [0, 0.1) is 11.8 Å². The van der Waals surface area contributed by atoms with Gasteiger partial charge >= 0.3 is 0 Å². The maximum atomic E-state index is 5.44. The molecule has 0 saturated carbocycles. The van der Waals surface area contributed by atoms with Gasteiger partial charge in [-0.3, -0.25) is 10.4 Å². The number of piperidine rings is 1. The Morgan fingerprint density at radius 1 is 1.43 bits per heavy atom. The number of rotatable bonds is 0. The van der Waals surface area contributed by atoms with Crippen molar-refractivity contribution in [2.75, 3.05) is 13.6 Å². The van der Waals surface area contributed by atoms with Crippen molar-refractivity contribution in [1.29, 1.82) is 0 Å². The highest BCUT2D eigenvalue weighted by atomic mass is 15.4. The van der Waals surface area contributed by atoms with Crippen molar-refractivity contribution in [3.8, 4) is 0 Å². The maximum absolute atomic E-state index is 5.44. The first kappa shape index (κ1) is 11.3. The van der Waals surface area contributed by atoms with Crippen molar-refractivity contribution < 1.29 is 0 Å². The third-order valence-corrected chi connectivity index (χ3v) is 3.21. The first-order valence-corrected chi connectivity index (χ1v) is 5.30. The van der Waals surface area contributed by atoms with E-state index >= 15 is 0 Å². The second kappa shape index (κ2) is 4.64. The van der Waals surface area contributed by atoms with Crippen molar-refractivity contribution in [2.24, 2.45) is 22.7 Å². The molecule has 3 unspecified atom stereocenters. The van der Waals surface area contributed by atoms with E-state index in [-0.39, 0.29) is 0 Å². The number of nitrogens with one attached hydrogen (secondary N) is 1. The average Bonchev–Trinajstić information content (AvgIpc) is 2.15. The van der Waals surface area contributed by atoms with Crippen LogP contribution in [0.2, 0.25) is 0 Å². The first-order chi connectivity index (χ1) is 6.60. The van der Waals surface area contributed by atoms with Gasteiger partial charge < -0.3 is 4.90 Å². The molecule has 1 rings (SSSR count). The van der Waals surface area contributed by atoms with Crippen LogP contribution in [0.1, 0.15) is 27.2 Å². The van der Waals surface area contributed by atoms with Crippen LogP contribution in [0.4, 0.5) is 0 Å². The number of nitrogens with two attached hydrogens (primary N) is 1. The Labute approximate surface area is 86.5 Å². The van der Waals surface area contributed by atoms with Gasteiger partial charge in [-0.2, -0.15) is 0 Å². The lowest BCUT2D eigenvalue weighted by Gasteiger charge is -2.42. The van der Waals surface area contributed by atoms with Crippen molar-refractivity contribution >= 4 is 5.96 Å². The Bertz CT molecular complexity index is 214. The Hall–Kier alpha value is -0.770. The third-order valence-electron chi connectivity index (χ3n) is 3.21. The second-order valence-electron chi connectivity index (χ2n) is 4.40. The molecule has 82 valence electrons. The highest BCUT2D eigenvalue weighted by Gasteiger charge is 2.30. The van der Waals surface area contributed by atoms with E-state index in [1.807, 2.05) is 0 Å². The maximum Gasteiger partial charge on any atom is 0.208 e. The van der Waals surface area contributed by atoms with Gasteiger partial charge in [-0.15, -0.1) is 0 Å². The largest absolute Gasteiger partial charge is 0.339 e. The van der Waals surface area contributed by atoms with Crippen molar-refractivity contribution in [3.05, 3.63) is 0 Å². The Balaban J connectivity index is 2.75. The fraction of sp³-hybridized carbons (Fsp3) is 0.900. The van der Waals surface area contributed by atoms with Crippen LogP contribution in [-0.4, -0.2) is 30.5 Å². The van der Waals surface area contributed by atoms with Gasteiger partial charge in [-0.1, -0.05) is 13.8 Å². The monoisotopic (exact) mass is 198 g/mol. The topological polar surface area (TPSA) is 53.6 Å². The highest BCUT2D eigenvalue weighted by molar-refractivity contribution is 5.79. The molecule has 0 bridgehead atoms. The summed E-state index contributed by atoms with van der Waals surface area (Å²) < 4.78 is 0. The summed E-state index contributed by atoms with van der Waals surface area (Å²) in [7, 11) is 1.77. The minimum Gasteiger partial charge on any atom is -0.339 e. The van der Waals surface area contributed by atoms with Crippen LogP contribution in [0.25, 0.3) is 0 Å². The summed E-state index contributed by atoms with van der Waals surface area (Å²) in [5.74, 6) is 7.66. The zero-order valence-corrected chi connectivity index (χ0v) is 9.62. The lowest BCUT2D eigenvalue weighted by molar-refractivity contribution is 0.142. The summed E-state index contributed by atoms with van der Waals surface area (Å²) in [6.45, 7) is 7.84. The van der Waals surface area contributed by atoms with Gasteiger partial charge in [-0.05, 0) is 25.2 Å². The van der Waals surface area contributed by atoms with Crippen LogP contribution in [0.5, 0.6) is 0 Å². The molecule has 3 atom stereocenters. The summed E-state index contributed by atoms with van der Waals surface area (Å²) >= 11 is 0. The van der Waals surface area contributed by atoms with E-state index in [0.29, 0.717) is 17.9 Å². The lowest BCUT2D eigenvalue weighted by Crippen LogP contribution is -2.54. The number of hydrazine groups is 1. The van der Waals surface area contributed by atoms with E-state index in [1.54, 1.807) is 7.05 Å². The number of likely N-dealkylation sites (tertiary alicyclic amines) is 1. The number of hydrogen-bond acceptors (Lipinski definition) is 2. The summed E-state index contributed by atoms with van der Waals surface area (Å²) in [6, 6.07) is 0.515. The lowest BCUT2D eigenvalue weighted by atomic mass is 9.86. The summed E-state index contributed by atoms with van der Waals surface area (Å²) in [4.78, 5) is 6.42. The molecule has 1 saturated heterocycles. The number of hydrogen-bond donors (Lipinski definition) is 2. The molecule has 0 aromatic heterocycles. The molecule has 0 aliphatic carbocycles. The van der Waals surface area contributed by atoms with Crippen LogP contribution >= 0.6 is 0 Å². The third kappa shape index (κ3) is 2.18. The zero-order valence-electron chi connectivity index (χ0n) is 9.62. The molecule has 1 aliphatic heterocycles. The van der Waals surface area contributed by atoms with Gasteiger partial charge in [0.2, 0.25) is 5.96 Å². The van der Waals surface area contributed by atoms with E-state index < -0.39 is 0 Å². The van der Waals surface area contributed by atoms with Crippen LogP contribution < -0.4 is 11.3 Å². The minimum absolute atomic E-state index is 0.515. The molecule has 0 aromatic rings. The molecule has 3 N–H and O–H groups in total. The second-order valence-corrected chi connectivity index (χ2v) is 4.40. The van der Waals surface area contributed by atoms with Crippen molar-refractivity contribution in [2.45, 2.75) is 33.2 Å². The van der Waals surface area contributed by atoms with Crippen LogP contribution in [0.3, 0.4) is 0 Å². The quantitative estimate of drug-likeness (QED) is 0.262. The van der Waals surface area contributed by atoms with E-state index in [0.717, 1.165) is 12.5 Å². The molecular formula is C10H22N4. The minimum atomic E-state index is 0.515. The van der Waals surface area contributed by atoms with E-state index in [2.05, 4.69) is 36.1 Å². The molecular weight excluding hydrogens is 176 g/mol. The van der Waals surface area contributed by atoms with Crippen molar-refractivity contribution in [3.63, 3.8) is 0 Å². The first-order valence-electron chi connectivity index (χ1n) is 5.30. The molecule has 0 aromatic carbocycles. The Morgan fingerprint density at radius 3 is 2.57 bits per heavy atom. The molecule has 1 heterocycles. The molecule has 4 nitrogen and oxygen atoms in total. The summed E-state index contributed by atoms with van der Waals surface area (Å²) in [5, 5.41) is 0. The van der Waals surface area contributed by atoms with Crippen LogP contribution in [0.15, 0.2) is 4.99 Å². The normalized spacial score (nSPS) is 34.5. The molecule has 1 fully saturated rings. The Morgan fingerprint density at radius 2 is 2.07 bits per heavy atom. The molecule has 14 heavy (non-hydrogen) atoms. The molecule has 0 amide bonds. The predicted octanol–water partition coefficient (Wildman–Crippen LogP) is 0.802. The Kier molecular flexibility index (Phi) is 3.75. The van der Waals surface area contributed by atoms with Crippen LogP contribution in [-0.2, 0) is 0 Å². The molecule has 0 radical (unpaired) electrons.